The molecule has 0 aliphatic carbocycles. The molecule has 4 nitrogen and oxygen atoms in total. The van der Waals surface area contributed by atoms with Gasteiger partial charge in [0, 0.05) is 31.9 Å². The monoisotopic (exact) mass is 259 g/mol. The van der Waals surface area contributed by atoms with E-state index in [0.29, 0.717) is 5.92 Å². The van der Waals surface area contributed by atoms with Gasteiger partial charge >= 0.3 is 0 Å². The van der Waals surface area contributed by atoms with Crippen LogP contribution in [0.5, 0.6) is 0 Å². The lowest BCUT2D eigenvalue weighted by Gasteiger charge is -2.36. The van der Waals surface area contributed by atoms with Gasteiger partial charge in [-0.1, -0.05) is 25.1 Å². The summed E-state index contributed by atoms with van der Waals surface area (Å²) in [5, 5.41) is 6.59. The lowest BCUT2D eigenvalue weighted by molar-refractivity contribution is -0.121. The molecule has 0 aromatic heterocycles. The summed E-state index contributed by atoms with van der Waals surface area (Å²) < 4.78 is 0. The highest BCUT2D eigenvalue weighted by atomic mass is 16.2. The molecule has 1 aromatic carbocycles. The SMILES string of the molecule is CC1Cc2ccccc2N(C(=O)C2CNCCN2)C1. The third-order valence-electron chi connectivity index (χ3n) is 3.95. The zero-order valence-corrected chi connectivity index (χ0v) is 11.4. The van der Waals surface area contributed by atoms with Crippen LogP contribution in [0.25, 0.3) is 0 Å². The quantitative estimate of drug-likeness (QED) is 0.783. The Morgan fingerprint density at radius 3 is 2.95 bits per heavy atom. The van der Waals surface area contributed by atoms with Crippen LogP contribution in [0.15, 0.2) is 24.3 Å². The second kappa shape index (κ2) is 5.31. The molecule has 0 bridgehead atoms. The number of anilines is 1. The molecule has 1 saturated heterocycles. The molecule has 1 fully saturated rings. The number of fused-ring (bicyclic) bond motifs is 1. The molecule has 1 amide bonds. The smallest absolute Gasteiger partial charge is 0.245 e. The number of carbonyl (C=O) groups is 1. The number of hydrogen-bond donors (Lipinski definition) is 2. The fourth-order valence-electron chi connectivity index (χ4n) is 3.02. The lowest BCUT2D eigenvalue weighted by Crippen LogP contribution is -2.58. The van der Waals surface area contributed by atoms with E-state index in [1.165, 1.54) is 5.56 Å². The number of benzene rings is 1. The Labute approximate surface area is 114 Å². The number of amides is 1. The second-order valence-electron chi connectivity index (χ2n) is 5.60. The first kappa shape index (κ1) is 12.6. The van der Waals surface area contributed by atoms with E-state index in [4.69, 9.17) is 0 Å². The van der Waals surface area contributed by atoms with E-state index in [2.05, 4.69) is 35.8 Å². The van der Waals surface area contributed by atoms with Crippen molar-refractivity contribution in [3.05, 3.63) is 29.8 Å². The van der Waals surface area contributed by atoms with Crippen molar-refractivity contribution in [3.63, 3.8) is 0 Å². The number of carbonyl (C=O) groups excluding carboxylic acids is 1. The van der Waals surface area contributed by atoms with Gasteiger partial charge in [-0.2, -0.15) is 0 Å². The lowest BCUT2D eigenvalue weighted by atomic mass is 9.93. The molecule has 19 heavy (non-hydrogen) atoms. The molecule has 0 saturated carbocycles. The predicted molar refractivity (Wildman–Crippen MR) is 76.3 cm³/mol. The van der Waals surface area contributed by atoms with Gasteiger partial charge in [0.05, 0.1) is 6.04 Å². The molecule has 0 radical (unpaired) electrons. The first-order valence-corrected chi connectivity index (χ1v) is 7.09. The van der Waals surface area contributed by atoms with Crippen LogP contribution in [0.1, 0.15) is 12.5 Å². The first-order chi connectivity index (χ1) is 9.25. The van der Waals surface area contributed by atoms with Crippen molar-refractivity contribution in [2.24, 2.45) is 5.92 Å². The Hall–Kier alpha value is -1.39. The van der Waals surface area contributed by atoms with Crippen molar-refractivity contribution >= 4 is 11.6 Å². The summed E-state index contributed by atoms with van der Waals surface area (Å²) in [5.74, 6) is 0.724. The summed E-state index contributed by atoms with van der Waals surface area (Å²) in [6.07, 6.45) is 1.07. The zero-order chi connectivity index (χ0) is 13.2. The Bertz CT molecular complexity index is 468. The maximum Gasteiger partial charge on any atom is 0.245 e. The maximum absolute atomic E-state index is 12.7. The molecule has 3 rings (SSSR count). The molecule has 4 heteroatoms. The fraction of sp³-hybridized carbons (Fsp3) is 0.533. The Morgan fingerprint density at radius 1 is 1.32 bits per heavy atom. The Morgan fingerprint density at radius 2 is 2.16 bits per heavy atom. The molecule has 1 aromatic rings. The van der Waals surface area contributed by atoms with Gasteiger partial charge in [-0.25, -0.2) is 0 Å². The molecule has 2 atom stereocenters. The Kier molecular flexibility index (Phi) is 3.53. The van der Waals surface area contributed by atoms with Gasteiger partial charge in [0.1, 0.15) is 0 Å². The molecular weight excluding hydrogens is 238 g/mol. The molecule has 2 unspecified atom stereocenters. The van der Waals surface area contributed by atoms with E-state index in [1.54, 1.807) is 0 Å². The third-order valence-corrected chi connectivity index (χ3v) is 3.95. The van der Waals surface area contributed by atoms with Gasteiger partial charge in [0.25, 0.3) is 0 Å². The van der Waals surface area contributed by atoms with Crippen LogP contribution in [0.4, 0.5) is 5.69 Å². The van der Waals surface area contributed by atoms with E-state index < -0.39 is 0 Å². The summed E-state index contributed by atoms with van der Waals surface area (Å²) in [6, 6.07) is 8.18. The summed E-state index contributed by atoms with van der Waals surface area (Å²) in [7, 11) is 0. The van der Waals surface area contributed by atoms with Crippen LogP contribution in [0, 0.1) is 5.92 Å². The van der Waals surface area contributed by atoms with Gasteiger partial charge in [0.2, 0.25) is 5.91 Å². The number of piperazine rings is 1. The number of rotatable bonds is 1. The average Bonchev–Trinajstić information content (AvgIpc) is 2.46. The molecule has 2 N–H and O–H groups in total. The largest absolute Gasteiger partial charge is 0.313 e. The summed E-state index contributed by atoms with van der Waals surface area (Å²) >= 11 is 0. The second-order valence-corrected chi connectivity index (χ2v) is 5.60. The van der Waals surface area contributed by atoms with E-state index in [9.17, 15) is 4.79 Å². The van der Waals surface area contributed by atoms with Gasteiger partial charge in [-0.15, -0.1) is 0 Å². The minimum absolute atomic E-state index is 0.0906. The minimum Gasteiger partial charge on any atom is -0.313 e. The minimum atomic E-state index is -0.0906. The van der Waals surface area contributed by atoms with Gasteiger partial charge in [0.15, 0.2) is 0 Å². The summed E-state index contributed by atoms with van der Waals surface area (Å²) in [6.45, 7) is 5.57. The van der Waals surface area contributed by atoms with Crippen molar-refractivity contribution in [1.29, 1.82) is 0 Å². The summed E-state index contributed by atoms with van der Waals surface area (Å²) in [5.41, 5.74) is 2.39. The van der Waals surface area contributed by atoms with Crippen LogP contribution in [-0.4, -0.2) is 38.1 Å². The average molecular weight is 259 g/mol. The van der Waals surface area contributed by atoms with Gasteiger partial charge < -0.3 is 15.5 Å². The molecular formula is C15H21N3O. The topological polar surface area (TPSA) is 44.4 Å². The van der Waals surface area contributed by atoms with E-state index in [0.717, 1.165) is 38.3 Å². The van der Waals surface area contributed by atoms with Crippen LogP contribution in [0.3, 0.4) is 0 Å². The van der Waals surface area contributed by atoms with Crippen molar-refractivity contribution < 1.29 is 4.79 Å². The van der Waals surface area contributed by atoms with Crippen molar-refractivity contribution in [2.75, 3.05) is 31.1 Å². The number of hydrogen-bond acceptors (Lipinski definition) is 3. The van der Waals surface area contributed by atoms with Crippen LogP contribution >= 0.6 is 0 Å². The number of nitrogens with zero attached hydrogens (tertiary/aromatic N) is 1. The first-order valence-electron chi connectivity index (χ1n) is 7.09. The molecule has 2 aliphatic heterocycles. The van der Waals surface area contributed by atoms with Crippen molar-refractivity contribution in [2.45, 2.75) is 19.4 Å². The highest BCUT2D eigenvalue weighted by Crippen LogP contribution is 2.29. The number of nitrogens with one attached hydrogen (secondary N) is 2. The van der Waals surface area contributed by atoms with Crippen molar-refractivity contribution in [1.82, 2.24) is 10.6 Å². The normalized spacial score (nSPS) is 26.9. The predicted octanol–water partition coefficient (Wildman–Crippen LogP) is 0.773. The van der Waals surface area contributed by atoms with Crippen molar-refractivity contribution in [3.8, 4) is 0 Å². The van der Waals surface area contributed by atoms with Gasteiger partial charge in [-0.05, 0) is 24.0 Å². The molecule has 2 heterocycles. The van der Waals surface area contributed by atoms with Gasteiger partial charge in [-0.3, -0.25) is 4.79 Å². The highest BCUT2D eigenvalue weighted by molar-refractivity contribution is 5.98. The number of para-hydroxylation sites is 1. The van der Waals surface area contributed by atoms with E-state index in [1.807, 2.05) is 11.0 Å². The van der Waals surface area contributed by atoms with E-state index >= 15 is 0 Å². The maximum atomic E-state index is 12.7. The highest BCUT2D eigenvalue weighted by Gasteiger charge is 2.31. The molecule has 0 spiro atoms. The molecule has 2 aliphatic rings. The standard InChI is InChI=1S/C15H21N3O/c1-11-8-12-4-2-3-5-14(12)18(10-11)15(19)13-9-16-6-7-17-13/h2-5,11,13,16-17H,6-10H2,1H3. The fourth-order valence-corrected chi connectivity index (χ4v) is 3.02. The zero-order valence-electron chi connectivity index (χ0n) is 11.4. The Balaban J connectivity index is 1.85. The van der Waals surface area contributed by atoms with Crippen LogP contribution in [0.2, 0.25) is 0 Å². The van der Waals surface area contributed by atoms with Crippen LogP contribution in [-0.2, 0) is 11.2 Å². The summed E-state index contributed by atoms with van der Waals surface area (Å²) in [4.78, 5) is 14.7. The third kappa shape index (κ3) is 2.51. The molecule has 102 valence electrons. The van der Waals surface area contributed by atoms with E-state index in [-0.39, 0.29) is 11.9 Å². The van der Waals surface area contributed by atoms with Crippen LogP contribution < -0.4 is 15.5 Å².